The smallest absolute Gasteiger partial charge is 0.382 e. The first kappa shape index (κ1) is 17.9. The summed E-state index contributed by atoms with van der Waals surface area (Å²) in [4.78, 5) is 3.70. The van der Waals surface area contributed by atoms with Crippen LogP contribution in [0.2, 0.25) is 0 Å². The second-order valence-corrected chi connectivity index (χ2v) is 8.59. The highest BCUT2D eigenvalue weighted by atomic mass is 32.2. The molecule has 1 saturated carbocycles. The summed E-state index contributed by atoms with van der Waals surface area (Å²) >= 11 is 0. The van der Waals surface area contributed by atoms with Gasteiger partial charge in [0.1, 0.15) is 23.0 Å². The predicted octanol–water partition coefficient (Wildman–Crippen LogP) is 1.76. The van der Waals surface area contributed by atoms with Crippen LogP contribution in [0.25, 0.3) is 0 Å². The van der Waals surface area contributed by atoms with Gasteiger partial charge in [0.25, 0.3) is 0 Å². The minimum absolute atomic E-state index is 0.0726. The van der Waals surface area contributed by atoms with E-state index in [-0.39, 0.29) is 12.8 Å². The summed E-state index contributed by atoms with van der Waals surface area (Å²) in [6, 6.07) is 4.49. The Balaban J connectivity index is 2.24. The van der Waals surface area contributed by atoms with E-state index in [1.165, 1.54) is 18.5 Å². The number of hydrogen-bond acceptors (Lipinski definition) is 5. The molecule has 0 amide bonds. The number of rotatable bonds is 5. The van der Waals surface area contributed by atoms with E-state index in [9.17, 15) is 26.7 Å². The van der Waals surface area contributed by atoms with Crippen LogP contribution in [0.15, 0.2) is 36.9 Å². The maximum Gasteiger partial charge on any atom is 0.416 e. The minimum atomic E-state index is -4.74. The summed E-state index contributed by atoms with van der Waals surface area (Å²) < 4.78 is 64.5. The topological polar surface area (TPSA) is 85.1 Å². The fourth-order valence-corrected chi connectivity index (χ4v) is 4.95. The van der Waals surface area contributed by atoms with Crippen LogP contribution in [0.5, 0.6) is 0 Å². The van der Waals surface area contributed by atoms with Crippen LogP contribution in [0.3, 0.4) is 0 Å². The van der Waals surface area contributed by atoms with Crippen molar-refractivity contribution in [3.63, 3.8) is 0 Å². The molecule has 0 spiro atoms. The van der Waals surface area contributed by atoms with Crippen molar-refractivity contribution in [2.45, 2.75) is 35.9 Å². The maximum atomic E-state index is 13.5. The van der Waals surface area contributed by atoms with Crippen LogP contribution in [-0.4, -0.2) is 39.3 Å². The molecule has 1 N–H and O–H groups in total. The lowest BCUT2D eigenvalue weighted by Crippen LogP contribution is -2.50. The number of benzene rings is 1. The standard InChI is InChI=1S/C15H16F3N3O3S/c1-25(23,24)13(6-7-13)14(22,8-21-10-19-9-20-21)11-4-2-3-5-12(11)15(16,17)18/h2-5,9-10,22H,6-8H2,1H3. The molecule has 136 valence electrons. The molecule has 0 saturated heterocycles. The summed E-state index contributed by atoms with van der Waals surface area (Å²) in [5.41, 5.74) is -3.83. The number of aliphatic hydroxyl groups is 1. The van der Waals surface area contributed by atoms with Gasteiger partial charge >= 0.3 is 6.18 Å². The van der Waals surface area contributed by atoms with Gasteiger partial charge in [0.2, 0.25) is 0 Å². The van der Waals surface area contributed by atoms with E-state index < -0.39 is 44.0 Å². The molecule has 2 aromatic rings. The summed E-state index contributed by atoms with van der Waals surface area (Å²) in [6.45, 7) is -0.451. The Bertz CT molecular complexity index is 877. The number of sulfone groups is 1. The maximum absolute atomic E-state index is 13.5. The molecule has 0 aliphatic heterocycles. The van der Waals surface area contributed by atoms with Crippen molar-refractivity contribution < 1.29 is 26.7 Å². The number of halogens is 3. The Kier molecular flexibility index (Phi) is 3.95. The van der Waals surface area contributed by atoms with Crippen LogP contribution in [0.4, 0.5) is 13.2 Å². The van der Waals surface area contributed by atoms with Crippen molar-refractivity contribution in [3.8, 4) is 0 Å². The molecular weight excluding hydrogens is 359 g/mol. The van der Waals surface area contributed by atoms with Crippen molar-refractivity contribution in [3.05, 3.63) is 48.0 Å². The van der Waals surface area contributed by atoms with Gasteiger partial charge < -0.3 is 5.11 Å². The lowest BCUT2D eigenvalue weighted by atomic mass is 9.84. The normalized spacial score (nSPS) is 19.4. The number of alkyl halides is 3. The van der Waals surface area contributed by atoms with Crippen molar-refractivity contribution >= 4 is 9.84 Å². The minimum Gasteiger partial charge on any atom is -0.382 e. The SMILES string of the molecule is CS(=O)(=O)C1(C(O)(Cn2cncn2)c2ccccc2C(F)(F)F)CC1. The van der Waals surface area contributed by atoms with Gasteiger partial charge in [0.05, 0.1) is 12.1 Å². The van der Waals surface area contributed by atoms with Crippen molar-refractivity contribution in [1.82, 2.24) is 14.8 Å². The molecule has 25 heavy (non-hydrogen) atoms. The summed E-state index contributed by atoms with van der Waals surface area (Å²) in [6.07, 6.45) is -1.27. The highest BCUT2D eigenvalue weighted by Gasteiger charge is 2.67. The van der Waals surface area contributed by atoms with Gasteiger partial charge in [-0.1, -0.05) is 18.2 Å². The zero-order chi connectivity index (χ0) is 18.5. The lowest BCUT2D eigenvalue weighted by molar-refractivity contribution is -0.141. The Hall–Kier alpha value is -1.94. The van der Waals surface area contributed by atoms with Crippen molar-refractivity contribution in [2.24, 2.45) is 0 Å². The Morgan fingerprint density at radius 3 is 2.28 bits per heavy atom. The van der Waals surface area contributed by atoms with Gasteiger partial charge in [-0.2, -0.15) is 18.3 Å². The quantitative estimate of drug-likeness (QED) is 0.861. The molecule has 3 rings (SSSR count). The fraction of sp³-hybridized carbons (Fsp3) is 0.467. The Morgan fingerprint density at radius 1 is 1.24 bits per heavy atom. The average molecular weight is 375 g/mol. The van der Waals surface area contributed by atoms with Crippen LogP contribution >= 0.6 is 0 Å². The molecule has 1 atom stereocenters. The van der Waals surface area contributed by atoms with Crippen LogP contribution in [0, 0.1) is 0 Å². The third kappa shape index (κ3) is 2.82. The Labute approximate surface area is 142 Å². The van der Waals surface area contributed by atoms with E-state index in [1.807, 2.05) is 0 Å². The van der Waals surface area contributed by atoms with E-state index in [4.69, 9.17) is 0 Å². The molecule has 1 aromatic heterocycles. The van der Waals surface area contributed by atoms with E-state index in [1.54, 1.807) is 0 Å². The van der Waals surface area contributed by atoms with Gasteiger partial charge in [-0.15, -0.1) is 0 Å². The fourth-order valence-electron chi connectivity index (χ4n) is 3.32. The average Bonchev–Trinajstić information content (AvgIpc) is 3.21. The van der Waals surface area contributed by atoms with Gasteiger partial charge in [0.15, 0.2) is 9.84 Å². The molecular formula is C15H16F3N3O3S. The van der Waals surface area contributed by atoms with Gasteiger partial charge in [-0.05, 0) is 24.5 Å². The monoisotopic (exact) mass is 375 g/mol. The molecule has 0 radical (unpaired) electrons. The first-order chi connectivity index (χ1) is 11.5. The first-order valence-electron chi connectivity index (χ1n) is 7.42. The lowest BCUT2D eigenvalue weighted by Gasteiger charge is -2.37. The summed E-state index contributed by atoms with van der Waals surface area (Å²) in [5, 5.41) is 15.2. The van der Waals surface area contributed by atoms with Crippen LogP contribution in [0.1, 0.15) is 24.0 Å². The zero-order valence-corrected chi connectivity index (χ0v) is 14.0. The van der Waals surface area contributed by atoms with Gasteiger partial charge in [-0.25, -0.2) is 18.1 Å². The van der Waals surface area contributed by atoms with E-state index in [0.29, 0.717) is 0 Å². The molecule has 6 nitrogen and oxygen atoms in total. The second kappa shape index (κ2) is 5.53. The van der Waals surface area contributed by atoms with Crippen molar-refractivity contribution in [2.75, 3.05) is 6.26 Å². The summed E-state index contributed by atoms with van der Waals surface area (Å²) in [7, 11) is -3.84. The number of aromatic nitrogens is 3. The molecule has 0 bridgehead atoms. The number of hydrogen-bond donors (Lipinski definition) is 1. The molecule has 10 heteroatoms. The highest BCUT2D eigenvalue weighted by molar-refractivity contribution is 7.92. The molecule has 1 unspecified atom stereocenters. The molecule has 1 heterocycles. The Morgan fingerprint density at radius 2 is 1.84 bits per heavy atom. The number of nitrogens with zero attached hydrogens (tertiary/aromatic N) is 3. The third-order valence-electron chi connectivity index (χ3n) is 4.70. The molecule has 1 aromatic carbocycles. The van der Waals surface area contributed by atoms with Crippen molar-refractivity contribution in [1.29, 1.82) is 0 Å². The largest absolute Gasteiger partial charge is 0.416 e. The second-order valence-electron chi connectivity index (χ2n) is 6.26. The van der Waals surface area contributed by atoms with E-state index >= 15 is 0 Å². The third-order valence-corrected chi connectivity index (χ3v) is 6.87. The van der Waals surface area contributed by atoms with Gasteiger partial charge in [-0.3, -0.25) is 0 Å². The van der Waals surface area contributed by atoms with E-state index in [0.717, 1.165) is 29.4 Å². The van der Waals surface area contributed by atoms with Crippen LogP contribution in [-0.2, 0) is 28.2 Å². The van der Waals surface area contributed by atoms with Gasteiger partial charge in [0, 0.05) is 6.26 Å². The molecule has 1 aliphatic rings. The first-order valence-corrected chi connectivity index (χ1v) is 9.31. The highest BCUT2D eigenvalue weighted by Crippen LogP contribution is 2.57. The van der Waals surface area contributed by atoms with Crippen LogP contribution < -0.4 is 0 Å². The summed E-state index contributed by atoms with van der Waals surface area (Å²) in [5.74, 6) is 0. The predicted molar refractivity (Wildman–Crippen MR) is 82.2 cm³/mol. The molecule has 1 aliphatic carbocycles. The zero-order valence-electron chi connectivity index (χ0n) is 13.2. The molecule has 1 fully saturated rings. The van der Waals surface area contributed by atoms with E-state index in [2.05, 4.69) is 10.1 Å².